The van der Waals surface area contributed by atoms with E-state index in [2.05, 4.69) is 199 Å². The fraction of sp³-hybridized carbons (Fsp3) is 0. The van der Waals surface area contributed by atoms with Crippen molar-refractivity contribution in [2.75, 3.05) is 0 Å². The molecule has 62 heavy (non-hydrogen) atoms. The van der Waals surface area contributed by atoms with Gasteiger partial charge in [-0.05, 0) is 94.0 Å². The number of fused-ring (bicyclic) bond motifs is 6. The molecule has 12 aromatic rings. The fourth-order valence-electron chi connectivity index (χ4n) is 8.82. The molecule has 5 nitrogen and oxygen atoms in total. The molecule has 0 saturated carbocycles. The largest absolute Gasteiger partial charge is 0.456 e. The summed E-state index contributed by atoms with van der Waals surface area (Å²) in [5.74, 6) is 1.75. The minimum atomic E-state index is 0.571. The molecule has 0 spiro atoms. The van der Waals surface area contributed by atoms with Crippen molar-refractivity contribution in [3.8, 4) is 73.2 Å². The van der Waals surface area contributed by atoms with Crippen molar-refractivity contribution in [2.45, 2.75) is 0 Å². The van der Waals surface area contributed by atoms with E-state index < -0.39 is 0 Å². The van der Waals surface area contributed by atoms with E-state index in [1.807, 2.05) is 24.3 Å². The number of para-hydroxylation sites is 3. The van der Waals surface area contributed by atoms with Gasteiger partial charge in [-0.15, -0.1) is 0 Å². The molecule has 0 atom stereocenters. The van der Waals surface area contributed by atoms with Gasteiger partial charge in [-0.1, -0.05) is 158 Å². The molecule has 0 unspecified atom stereocenters. The Labute approximate surface area is 357 Å². The number of aromatic nitrogens is 4. The highest BCUT2D eigenvalue weighted by atomic mass is 16.3. The maximum absolute atomic E-state index is 6.34. The van der Waals surface area contributed by atoms with E-state index >= 15 is 0 Å². The number of hydrogen-bond donors (Lipinski definition) is 0. The van der Waals surface area contributed by atoms with Crippen molar-refractivity contribution in [3.63, 3.8) is 0 Å². The number of rotatable bonds is 7. The molecule has 0 N–H and O–H groups in total. The predicted molar refractivity (Wildman–Crippen MR) is 254 cm³/mol. The van der Waals surface area contributed by atoms with E-state index in [9.17, 15) is 0 Å². The standard InChI is InChI=1S/C57H36N4O/c1-3-14-37(15-4-1)38-16-11-17-39(32-38)40-18-12-19-41(33-40)42-20-13-21-43(34-42)55-58-56(60-57(59-55)45-29-31-50-49-25-8-10-27-53(49)62-54(50)36-45)44-28-30-48-47-24-7-9-26-51(47)61(52(48)35-44)46-22-5-2-6-23-46/h1-36H. The van der Waals surface area contributed by atoms with E-state index in [0.29, 0.717) is 17.5 Å². The molecule has 290 valence electrons. The molecule has 3 aromatic heterocycles. The minimum Gasteiger partial charge on any atom is -0.456 e. The minimum absolute atomic E-state index is 0.571. The van der Waals surface area contributed by atoms with Crippen molar-refractivity contribution >= 4 is 43.7 Å². The molecule has 0 fully saturated rings. The molecule has 0 radical (unpaired) electrons. The lowest BCUT2D eigenvalue weighted by atomic mass is 9.95. The van der Waals surface area contributed by atoms with Crippen LogP contribution in [0.4, 0.5) is 0 Å². The van der Waals surface area contributed by atoms with Crippen molar-refractivity contribution < 1.29 is 4.42 Å². The van der Waals surface area contributed by atoms with E-state index in [1.165, 1.54) is 27.5 Å². The van der Waals surface area contributed by atoms with Gasteiger partial charge in [0.25, 0.3) is 0 Å². The normalized spacial score (nSPS) is 11.5. The first kappa shape index (κ1) is 35.5. The Kier molecular flexibility index (Phi) is 8.42. The van der Waals surface area contributed by atoms with E-state index in [0.717, 1.165) is 72.0 Å². The van der Waals surface area contributed by atoms with Gasteiger partial charge in [0, 0.05) is 43.9 Å². The molecule has 0 aliphatic heterocycles. The van der Waals surface area contributed by atoms with Crippen LogP contribution in [0.3, 0.4) is 0 Å². The van der Waals surface area contributed by atoms with Crippen LogP contribution in [-0.4, -0.2) is 19.5 Å². The zero-order chi connectivity index (χ0) is 41.0. The molecule has 9 aromatic carbocycles. The molecule has 0 aliphatic carbocycles. The van der Waals surface area contributed by atoms with Crippen molar-refractivity contribution in [2.24, 2.45) is 0 Å². The van der Waals surface area contributed by atoms with Gasteiger partial charge in [-0.3, -0.25) is 0 Å². The highest BCUT2D eigenvalue weighted by Crippen LogP contribution is 2.37. The van der Waals surface area contributed by atoms with Crippen LogP contribution in [0.2, 0.25) is 0 Å². The molecule has 0 amide bonds. The lowest BCUT2D eigenvalue weighted by molar-refractivity contribution is 0.669. The van der Waals surface area contributed by atoms with Gasteiger partial charge in [-0.25, -0.2) is 15.0 Å². The first-order valence-corrected chi connectivity index (χ1v) is 20.8. The van der Waals surface area contributed by atoms with Gasteiger partial charge in [0.05, 0.1) is 11.0 Å². The monoisotopic (exact) mass is 792 g/mol. The number of benzene rings is 9. The Balaban J connectivity index is 1.000. The summed E-state index contributed by atoms with van der Waals surface area (Å²) in [6.07, 6.45) is 0. The zero-order valence-electron chi connectivity index (χ0n) is 33.5. The Morgan fingerprint density at radius 2 is 0.710 bits per heavy atom. The SMILES string of the molecule is c1ccc(-c2cccc(-c3cccc(-c4cccc(-c5nc(-c6ccc7c(c6)oc6ccccc67)nc(-c6ccc7c8ccccc8n(-c8ccccc8)c7c6)n5)c4)c3)c2)cc1. The summed E-state index contributed by atoms with van der Waals surface area (Å²) >= 11 is 0. The van der Waals surface area contributed by atoms with Crippen LogP contribution in [0.1, 0.15) is 0 Å². The molecular formula is C57H36N4O. The maximum Gasteiger partial charge on any atom is 0.164 e. The van der Waals surface area contributed by atoms with Gasteiger partial charge in [0.15, 0.2) is 17.5 Å². The van der Waals surface area contributed by atoms with Crippen LogP contribution >= 0.6 is 0 Å². The van der Waals surface area contributed by atoms with Crippen molar-refractivity contribution in [1.82, 2.24) is 19.5 Å². The number of hydrogen-bond acceptors (Lipinski definition) is 4. The third-order valence-corrected chi connectivity index (χ3v) is 11.8. The second kappa shape index (κ2) is 14.7. The first-order valence-electron chi connectivity index (χ1n) is 20.8. The molecule has 0 aliphatic rings. The lowest BCUT2D eigenvalue weighted by Crippen LogP contribution is -2.00. The Hall–Kier alpha value is -8.41. The highest BCUT2D eigenvalue weighted by Gasteiger charge is 2.18. The molecule has 5 heteroatoms. The second-order valence-corrected chi connectivity index (χ2v) is 15.6. The average Bonchev–Trinajstić information content (AvgIpc) is 3.89. The van der Waals surface area contributed by atoms with Crippen LogP contribution in [0.25, 0.3) is 117 Å². The molecular weight excluding hydrogens is 757 g/mol. The van der Waals surface area contributed by atoms with Crippen LogP contribution in [-0.2, 0) is 0 Å². The van der Waals surface area contributed by atoms with Gasteiger partial charge in [0.2, 0.25) is 0 Å². The van der Waals surface area contributed by atoms with E-state index in [-0.39, 0.29) is 0 Å². The smallest absolute Gasteiger partial charge is 0.164 e. The highest BCUT2D eigenvalue weighted by molar-refractivity contribution is 6.10. The van der Waals surface area contributed by atoms with Gasteiger partial charge in [0.1, 0.15) is 11.2 Å². The predicted octanol–water partition coefficient (Wildman–Crippen LogP) is 14.9. The Morgan fingerprint density at radius 1 is 0.274 bits per heavy atom. The van der Waals surface area contributed by atoms with Gasteiger partial charge < -0.3 is 8.98 Å². The fourth-order valence-corrected chi connectivity index (χ4v) is 8.82. The number of nitrogens with zero attached hydrogens (tertiary/aromatic N) is 4. The summed E-state index contributed by atoms with van der Waals surface area (Å²) in [4.78, 5) is 15.6. The topological polar surface area (TPSA) is 56.7 Å². The van der Waals surface area contributed by atoms with Crippen LogP contribution < -0.4 is 0 Å². The maximum atomic E-state index is 6.34. The van der Waals surface area contributed by atoms with Crippen molar-refractivity contribution in [1.29, 1.82) is 0 Å². The molecule has 0 bridgehead atoms. The zero-order valence-corrected chi connectivity index (χ0v) is 33.5. The van der Waals surface area contributed by atoms with Crippen LogP contribution in [0.15, 0.2) is 223 Å². The summed E-state index contributed by atoms with van der Waals surface area (Å²) in [6, 6.07) is 76.5. The second-order valence-electron chi connectivity index (χ2n) is 15.6. The van der Waals surface area contributed by atoms with Crippen molar-refractivity contribution in [3.05, 3.63) is 218 Å². The van der Waals surface area contributed by atoms with Gasteiger partial charge >= 0.3 is 0 Å². The Morgan fingerprint density at radius 3 is 1.37 bits per heavy atom. The van der Waals surface area contributed by atoms with Gasteiger partial charge in [-0.2, -0.15) is 0 Å². The molecule has 3 heterocycles. The summed E-state index contributed by atoms with van der Waals surface area (Å²) in [6.45, 7) is 0. The third-order valence-electron chi connectivity index (χ3n) is 11.8. The summed E-state index contributed by atoms with van der Waals surface area (Å²) in [7, 11) is 0. The molecule has 12 rings (SSSR count). The summed E-state index contributed by atoms with van der Waals surface area (Å²) in [5, 5.41) is 4.50. The van der Waals surface area contributed by atoms with Crippen LogP contribution in [0.5, 0.6) is 0 Å². The quantitative estimate of drug-likeness (QED) is 0.161. The molecule has 0 saturated heterocycles. The van der Waals surface area contributed by atoms with Crippen LogP contribution in [0, 0.1) is 0 Å². The first-order chi connectivity index (χ1) is 30.7. The Bertz CT molecular complexity index is 3640. The average molecular weight is 793 g/mol. The van der Waals surface area contributed by atoms with E-state index in [1.54, 1.807) is 0 Å². The third kappa shape index (κ3) is 6.23. The number of furan rings is 1. The summed E-state index contributed by atoms with van der Waals surface area (Å²) < 4.78 is 8.66. The summed E-state index contributed by atoms with van der Waals surface area (Å²) in [5.41, 5.74) is 14.5. The van der Waals surface area contributed by atoms with E-state index in [4.69, 9.17) is 19.4 Å². The lowest BCUT2D eigenvalue weighted by Gasteiger charge is -2.12.